The van der Waals surface area contributed by atoms with Crippen LogP contribution in [0.15, 0.2) is 29.3 Å². The van der Waals surface area contributed by atoms with Crippen molar-refractivity contribution in [3.63, 3.8) is 0 Å². The molecule has 1 aromatic carbocycles. The van der Waals surface area contributed by atoms with Gasteiger partial charge in [-0.25, -0.2) is 0 Å². The maximum absolute atomic E-state index is 12.3. The zero-order valence-electron chi connectivity index (χ0n) is 16.0. The van der Waals surface area contributed by atoms with Crippen molar-refractivity contribution >= 4 is 23.3 Å². The molecule has 0 radical (unpaired) electrons. The fourth-order valence-electron chi connectivity index (χ4n) is 4.01. The Morgan fingerprint density at radius 1 is 1.23 bits per heavy atom. The van der Waals surface area contributed by atoms with Crippen molar-refractivity contribution in [2.75, 3.05) is 12.4 Å². The lowest BCUT2D eigenvalue weighted by Crippen LogP contribution is -2.42. The van der Waals surface area contributed by atoms with E-state index in [2.05, 4.69) is 5.32 Å². The van der Waals surface area contributed by atoms with Crippen LogP contribution >= 0.6 is 0 Å². The summed E-state index contributed by atoms with van der Waals surface area (Å²) in [5.74, 6) is 1.43. The van der Waals surface area contributed by atoms with Crippen LogP contribution in [0.5, 0.6) is 0 Å². The third-order valence-electron chi connectivity index (χ3n) is 5.75. The van der Waals surface area contributed by atoms with Gasteiger partial charge in [-0.05, 0) is 50.3 Å². The van der Waals surface area contributed by atoms with Crippen molar-refractivity contribution in [3.8, 4) is 0 Å². The molecule has 2 amide bonds. The molecule has 1 N–H and O–H groups in total. The number of nitrogens with zero attached hydrogens (tertiary/aromatic N) is 2. The number of amidine groups is 1. The van der Waals surface area contributed by atoms with Crippen LogP contribution in [0.1, 0.15) is 64.4 Å². The van der Waals surface area contributed by atoms with Crippen LogP contribution in [0, 0.1) is 5.92 Å². The average molecular weight is 355 g/mol. The molecule has 5 heteroatoms. The zero-order chi connectivity index (χ0) is 18.7. The summed E-state index contributed by atoms with van der Waals surface area (Å²) in [6.45, 7) is 3.84. The third kappa shape index (κ3) is 4.14. The number of aliphatic imine (C=N–C) groups is 1. The number of carbonyl (C=O) groups excluding carboxylic acids is 2. The Kier molecular flexibility index (Phi) is 5.44. The molecule has 1 heterocycles. The quantitative estimate of drug-likeness (QED) is 0.884. The highest BCUT2D eigenvalue weighted by molar-refractivity contribution is 5.99. The van der Waals surface area contributed by atoms with Crippen LogP contribution in [0.2, 0.25) is 0 Å². The maximum atomic E-state index is 12.3. The molecular weight excluding hydrogens is 326 g/mol. The van der Waals surface area contributed by atoms with Gasteiger partial charge in [0.05, 0.1) is 12.0 Å². The number of carbonyl (C=O) groups is 2. The molecule has 0 spiro atoms. The van der Waals surface area contributed by atoms with E-state index in [1.165, 1.54) is 32.1 Å². The lowest BCUT2D eigenvalue weighted by Gasteiger charge is -2.34. The van der Waals surface area contributed by atoms with Gasteiger partial charge in [-0.15, -0.1) is 0 Å². The van der Waals surface area contributed by atoms with Gasteiger partial charge in [0, 0.05) is 19.2 Å². The van der Waals surface area contributed by atoms with Crippen LogP contribution < -0.4 is 5.32 Å². The molecule has 0 bridgehead atoms. The largest absolute Gasteiger partial charge is 0.326 e. The molecule has 26 heavy (non-hydrogen) atoms. The average Bonchev–Trinajstić information content (AvgIpc) is 2.61. The third-order valence-corrected chi connectivity index (χ3v) is 5.75. The number of hydrogen-bond donors (Lipinski definition) is 1. The zero-order valence-corrected chi connectivity index (χ0v) is 16.0. The van der Waals surface area contributed by atoms with Gasteiger partial charge in [0.2, 0.25) is 11.8 Å². The summed E-state index contributed by atoms with van der Waals surface area (Å²) >= 11 is 0. The summed E-state index contributed by atoms with van der Waals surface area (Å²) in [5, 5.41) is 3.01. The van der Waals surface area contributed by atoms with Gasteiger partial charge >= 0.3 is 0 Å². The number of hydrogen-bond acceptors (Lipinski definition) is 3. The van der Waals surface area contributed by atoms with Crippen molar-refractivity contribution in [2.24, 2.45) is 10.9 Å². The summed E-state index contributed by atoms with van der Waals surface area (Å²) < 4.78 is 0. The Labute approximate surface area is 155 Å². The van der Waals surface area contributed by atoms with Crippen molar-refractivity contribution in [1.29, 1.82) is 0 Å². The number of rotatable bonds is 4. The molecule has 2 aliphatic rings. The predicted octanol–water partition coefficient (Wildman–Crippen LogP) is 4.09. The van der Waals surface area contributed by atoms with Crippen molar-refractivity contribution in [3.05, 3.63) is 29.8 Å². The summed E-state index contributed by atoms with van der Waals surface area (Å²) in [6, 6.07) is 7.75. The highest BCUT2D eigenvalue weighted by atomic mass is 16.2. The van der Waals surface area contributed by atoms with E-state index in [0.29, 0.717) is 18.8 Å². The van der Waals surface area contributed by atoms with Gasteiger partial charge in [0.15, 0.2) is 0 Å². The van der Waals surface area contributed by atoms with Gasteiger partial charge in [-0.2, -0.15) is 0 Å². The van der Waals surface area contributed by atoms with Crippen LogP contribution in [-0.4, -0.2) is 29.6 Å². The second kappa shape index (κ2) is 7.60. The maximum Gasteiger partial charge on any atom is 0.230 e. The molecule has 1 fully saturated rings. The Morgan fingerprint density at radius 3 is 2.50 bits per heavy atom. The number of anilines is 1. The van der Waals surface area contributed by atoms with Gasteiger partial charge < -0.3 is 10.2 Å². The van der Waals surface area contributed by atoms with Crippen molar-refractivity contribution in [2.45, 2.75) is 64.3 Å². The van der Waals surface area contributed by atoms with E-state index in [0.717, 1.165) is 17.1 Å². The minimum atomic E-state index is -0.543. The monoisotopic (exact) mass is 355 g/mol. The standard InChI is InChI=1S/C21H29N3O2/c1-15-23-21(2,14-20(26)24(15)3)17-9-11-18(12-10-17)22-19(25)13-16-7-5-4-6-8-16/h9-12,16H,4-8,13-14H2,1-3H3,(H,22,25)/t21-/m0/s1. The first kappa shape index (κ1) is 18.6. The van der Waals surface area contributed by atoms with E-state index in [-0.39, 0.29) is 11.8 Å². The molecular formula is C21H29N3O2. The minimum absolute atomic E-state index is 0.0739. The lowest BCUT2D eigenvalue weighted by molar-refractivity contribution is -0.128. The van der Waals surface area contributed by atoms with Crippen LogP contribution in [0.25, 0.3) is 0 Å². The molecule has 1 aliphatic carbocycles. The summed E-state index contributed by atoms with van der Waals surface area (Å²) in [6.07, 6.45) is 7.11. The SMILES string of the molecule is CC1=N[C@](C)(c2ccc(NC(=O)CC3CCCCC3)cc2)CC(=O)N1C. The Balaban J connectivity index is 1.65. The molecule has 1 saturated carbocycles. The van der Waals surface area contributed by atoms with Crippen LogP contribution in [0.4, 0.5) is 5.69 Å². The molecule has 0 aromatic heterocycles. The Hall–Kier alpha value is -2.17. The summed E-state index contributed by atoms with van der Waals surface area (Å²) in [7, 11) is 1.76. The summed E-state index contributed by atoms with van der Waals surface area (Å²) in [4.78, 5) is 30.8. The van der Waals surface area contributed by atoms with Crippen molar-refractivity contribution < 1.29 is 9.59 Å². The molecule has 1 aromatic rings. The van der Waals surface area contributed by atoms with E-state index in [4.69, 9.17) is 4.99 Å². The van der Waals surface area contributed by atoms with E-state index < -0.39 is 5.54 Å². The molecule has 5 nitrogen and oxygen atoms in total. The predicted molar refractivity (Wildman–Crippen MR) is 104 cm³/mol. The van der Waals surface area contributed by atoms with E-state index >= 15 is 0 Å². The first-order valence-corrected chi connectivity index (χ1v) is 9.61. The van der Waals surface area contributed by atoms with Crippen LogP contribution in [-0.2, 0) is 15.1 Å². The molecule has 1 aliphatic heterocycles. The van der Waals surface area contributed by atoms with Gasteiger partial charge in [0.1, 0.15) is 5.84 Å². The highest BCUT2D eigenvalue weighted by Gasteiger charge is 2.35. The molecule has 0 saturated heterocycles. The number of nitrogens with one attached hydrogen (secondary N) is 1. The second-order valence-electron chi connectivity index (χ2n) is 7.90. The molecule has 0 unspecified atom stereocenters. The number of amides is 2. The topological polar surface area (TPSA) is 61.8 Å². The summed E-state index contributed by atoms with van der Waals surface area (Å²) in [5.41, 5.74) is 1.25. The van der Waals surface area contributed by atoms with E-state index in [1.54, 1.807) is 11.9 Å². The van der Waals surface area contributed by atoms with E-state index in [1.807, 2.05) is 38.1 Å². The Morgan fingerprint density at radius 2 is 1.88 bits per heavy atom. The normalized spacial score (nSPS) is 24.3. The fourth-order valence-corrected chi connectivity index (χ4v) is 4.01. The van der Waals surface area contributed by atoms with Gasteiger partial charge in [-0.1, -0.05) is 31.4 Å². The minimum Gasteiger partial charge on any atom is -0.326 e. The number of benzene rings is 1. The first-order valence-electron chi connectivity index (χ1n) is 9.61. The molecule has 3 rings (SSSR count). The lowest BCUT2D eigenvalue weighted by atomic mass is 9.86. The highest BCUT2D eigenvalue weighted by Crippen LogP contribution is 2.34. The van der Waals surface area contributed by atoms with Crippen molar-refractivity contribution in [1.82, 2.24) is 4.90 Å². The fraction of sp³-hybridized carbons (Fsp3) is 0.571. The van der Waals surface area contributed by atoms with Crippen LogP contribution in [0.3, 0.4) is 0 Å². The molecule has 140 valence electrons. The molecule has 1 atom stereocenters. The van der Waals surface area contributed by atoms with Gasteiger partial charge in [-0.3, -0.25) is 14.6 Å². The van der Waals surface area contributed by atoms with E-state index in [9.17, 15) is 9.59 Å². The second-order valence-corrected chi connectivity index (χ2v) is 7.90. The smallest absolute Gasteiger partial charge is 0.230 e. The first-order chi connectivity index (χ1) is 12.4. The Bertz CT molecular complexity index is 704. The van der Waals surface area contributed by atoms with Gasteiger partial charge in [0.25, 0.3) is 0 Å².